The van der Waals surface area contributed by atoms with Crippen molar-refractivity contribution < 1.29 is 38.2 Å². The van der Waals surface area contributed by atoms with Crippen molar-refractivity contribution in [1.29, 1.82) is 0 Å². The van der Waals surface area contributed by atoms with E-state index in [1.54, 1.807) is 48.5 Å². The van der Waals surface area contributed by atoms with Crippen LogP contribution >= 0.6 is 0 Å². The Bertz CT molecular complexity index is 2000. The first kappa shape index (κ1) is 42.0. The zero-order chi connectivity index (χ0) is 41.6. The van der Waals surface area contributed by atoms with Gasteiger partial charge in [-0.25, -0.2) is 0 Å². The van der Waals surface area contributed by atoms with Crippen LogP contribution in [0.1, 0.15) is 43.0 Å². The van der Waals surface area contributed by atoms with E-state index >= 15 is 0 Å². The number of allylic oxidation sites excluding steroid dienone is 1. The summed E-state index contributed by atoms with van der Waals surface area (Å²) in [6.45, 7) is 8.26. The van der Waals surface area contributed by atoms with E-state index in [9.17, 15) is 28.8 Å². The van der Waals surface area contributed by atoms with Crippen LogP contribution in [0.4, 0.5) is 0 Å². The van der Waals surface area contributed by atoms with Gasteiger partial charge in [0.15, 0.2) is 11.5 Å². The van der Waals surface area contributed by atoms with Crippen molar-refractivity contribution in [2.45, 2.75) is 82.7 Å². The van der Waals surface area contributed by atoms with Gasteiger partial charge in [-0.05, 0) is 73.7 Å². The minimum atomic E-state index is -1.16. The van der Waals surface area contributed by atoms with Crippen LogP contribution in [-0.2, 0) is 54.5 Å². The van der Waals surface area contributed by atoms with Crippen LogP contribution in [-0.4, -0.2) is 115 Å². The Kier molecular flexibility index (Phi) is 13.4. The number of hydrogen-bond acceptors (Lipinski definition) is 8. The standard InChI is InChI=1S/C43H52N6O8/c1-9-10-28-11-13-29(14-12-28)21-33-40(52)46-27(4)42(54)49(7)35-22-30-15-18-32(19-16-30)57-37-24-31(17-20-36(37)56-8)23-34(48(6)43(35)55)39(51)44-25(2)38(50)45-26(3)41(53)47(33)5/h9,11-20,24-27,33-35H,1,10,21-23H2,2-8H3,(H,44,51)(H,45,50)(H,46,52)/t25-,26+,27+,33+,34+,35+/m1/s1. The quantitative estimate of drug-likeness (QED) is 0.333. The Labute approximate surface area is 333 Å². The predicted octanol–water partition coefficient (Wildman–Crippen LogP) is 2.57. The van der Waals surface area contributed by atoms with Gasteiger partial charge in [0, 0.05) is 40.4 Å². The Morgan fingerprint density at radius 2 is 1.21 bits per heavy atom. The number of likely N-dealkylation sites (N-methyl/N-ethyl adjacent to an activating group) is 3. The average Bonchev–Trinajstić information content (AvgIpc) is 3.19. The van der Waals surface area contributed by atoms with E-state index in [0.717, 1.165) is 11.1 Å². The lowest BCUT2D eigenvalue weighted by atomic mass is 9.98. The second-order valence-electron chi connectivity index (χ2n) is 14.7. The molecule has 14 heteroatoms. The smallest absolute Gasteiger partial charge is 0.246 e. The maximum absolute atomic E-state index is 14.7. The van der Waals surface area contributed by atoms with Crippen molar-refractivity contribution in [3.8, 4) is 17.2 Å². The number of fused-ring (bicyclic) bond motifs is 2. The van der Waals surface area contributed by atoms with Crippen molar-refractivity contribution in [3.05, 3.63) is 102 Å². The summed E-state index contributed by atoms with van der Waals surface area (Å²) in [6.07, 6.45) is 2.62. The zero-order valence-electron chi connectivity index (χ0n) is 33.5. The minimum absolute atomic E-state index is 0.00917. The van der Waals surface area contributed by atoms with Crippen LogP contribution in [0.2, 0.25) is 0 Å². The molecular formula is C43H52N6O8. The summed E-state index contributed by atoms with van der Waals surface area (Å²) in [5.41, 5.74) is 3.11. The van der Waals surface area contributed by atoms with Gasteiger partial charge in [-0.15, -0.1) is 6.58 Å². The molecule has 3 heterocycles. The molecule has 0 spiro atoms. The van der Waals surface area contributed by atoms with E-state index in [4.69, 9.17) is 9.47 Å². The second-order valence-corrected chi connectivity index (χ2v) is 14.7. The zero-order valence-corrected chi connectivity index (χ0v) is 33.5. The molecule has 14 nitrogen and oxygen atoms in total. The van der Waals surface area contributed by atoms with Gasteiger partial charge in [-0.1, -0.05) is 48.5 Å². The predicted molar refractivity (Wildman–Crippen MR) is 213 cm³/mol. The fourth-order valence-corrected chi connectivity index (χ4v) is 7.05. The van der Waals surface area contributed by atoms with Crippen LogP contribution in [0.15, 0.2) is 79.4 Å². The van der Waals surface area contributed by atoms with Gasteiger partial charge in [-0.2, -0.15) is 0 Å². The molecule has 1 saturated heterocycles. The van der Waals surface area contributed by atoms with Gasteiger partial charge in [-0.3, -0.25) is 28.8 Å². The topological polar surface area (TPSA) is 167 Å². The number of nitrogens with one attached hydrogen (secondary N) is 3. The van der Waals surface area contributed by atoms with E-state index in [0.29, 0.717) is 34.8 Å². The summed E-state index contributed by atoms with van der Waals surface area (Å²) in [4.78, 5) is 88.4. The Balaban J connectivity index is 1.57. The molecule has 0 saturated carbocycles. The maximum Gasteiger partial charge on any atom is 0.246 e. The highest BCUT2D eigenvalue weighted by atomic mass is 16.5. The summed E-state index contributed by atoms with van der Waals surface area (Å²) in [5, 5.41) is 8.19. The summed E-state index contributed by atoms with van der Waals surface area (Å²) >= 11 is 0. The van der Waals surface area contributed by atoms with Crippen molar-refractivity contribution in [2.24, 2.45) is 0 Å². The number of amides is 6. The molecule has 0 unspecified atom stereocenters. The number of ether oxygens (including phenoxy) is 2. The van der Waals surface area contributed by atoms with Crippen LogP contribution in [0, 0.1) is 0 Å². The molecule has 3 aliphatic rings. The number of carbonyl (C=O) groups is 6. The van der Waals surface area contributed by atoms with Crippen molar-refractivity contribution in [3.63, 3.8) is 0 Å². The summed E-state index contributed by atoms with van der Waals surface area (Å²) < 4.78 is 11.7. The molecule has 0 aromatic heterocycles. The maximum atomic E-state index is 14.7. The molecule has 1 fully saturated rings. The van der Waals surface area contributed by atoms with Crippen LogP contribution < -0.4 is 25.4 Å². The molecular weight excluding hydrogens is 729 g/mol. The third-order valence-electron chi connectivity index (χ3n) is 10.6. The molecule has 6 rings (SSSR count). The van der Waals surface area contributed by atoms with Gasteiger partial charge in [0.1, 0.15) is 42.0 Å². The SMILES string of the molecule is C=CCc1ccc(C[C@H]2C(=O)N[C@@H](C)C(=O)N(C)[C@H]3Cc4ccc(cc4)Oc4cc(ccc4OC)C[C@@H](C(=O)N[C@H](C)C(=O)N[C@@H](C)C(=O)N2C)N(C)C3=O)cc1. The second kappa shape index (κ2) is 18.2. The molecule has 3 aliphatic heterocycles. The molecule has 3 aromatic rings. The summed E-state index contributed by atoms with van der Waals surface area (Å²) in [5.74, 6) is -2.18. The highest BCUT2D eigenvalue weighted by Crippen LogP contribution is 2.34. The molecule has 3 N–H and O–H groups in total. The fourth-order valence-electron chi connectivity index (χ4n) is 7.05. The molecule has 6 atom stereocenters. The highest BCUT2D eigenvalue weighted by Gasteiger charge is 2.39. The van der Waals surface area contributed by atoms with Crippen LogP contribution in [0.5, 0.6) is 17.2 Å². The van der Waals surface area contributed by atoms with Crippen LogP contribution in [0.3, 0.4) is 0 Å². The number of hydrogen-bond donors (Lipinski definition) is 3. The van der Waals surface area contributed by atoms with Gasteiger partial charge in [0.25, 0.3) is 0 Å². The normalized spacial score (nSPS) is 24.1. The van der Waals surface area contributed by atoms with Crippen LogP contribution in [0.25, 0.3) is 0 Å². The lowest BCUT2D eigenvalue weighted by Crippen LogP contribution is -2.61. The largest absolute Gasteiger partial charge is 0.493 e. The fraction of sp³-hybridized carbons (Fsp3) is 0.395. The molecule has 302 valence electrons. The first-order valence-corrected chi connectivity index (χ1v) is 18.9. The van der Waals surface area contributed by atoms with Gasteiger partial charge in [0.2, 0.25) is 35.4 Å². The summed E-state index contributed by atoms with van der Waals surface area (Å²) in [7, 11) is 5.94. The lowest BCUT2D eigenvalue weighted by Gasteiger charge is -2.36. The number of benzene rings is 3. The Morgan fingerprint density at radius 3 is 1.84 bits per heavy atom. The number of carbonyl (C=O) groups excluding carboxylic acids is 6. The number of nitrogens with zero attached hydrogens (tertiary/aromatic N) is 3. The van der Waals surface area contributed by atoms with Crippen molar-refractivity contribution in [2.75, 3.05) is 28.3 Å². The molecule has 6 bridgehead atoms. The Morgan fingerprint density at radius 1 is 0.667 bits per heavy atom. The van der Waals surface area contributed by atoms with Gasteiger partial charge >= 0.3 is 0 Å². The summed E-state index contributed by atoms with van der Waals surface area (Å²) in [6, 6.07) is 13.1. The van der Waals surface area contributed by atoms with Gasteiger partial charge < -0.3 is 40.1 Å². The van der Waals surface area contributed by atoms with E-state index < -0.39 is 71.7 Å². The molecule has 6 amide bonds. The first-order chi connectivity index (χ1) is 27.1. The van der Waals surface area contributed by atoms with Crippen molar-refractivity contribution in [1.82, 2.24) is 30.7 Å². The van der Waals surface area contributed by atoms with Gasteiger partial charge in [0.05, 0.1) is 7.11 Å². The lowest BCUT2D eigenvalue weighted by molar-refractivity contribution is -0.149. The molecule has 0 aliphatic carbocycles. The van der Waals surface area contributed by atoms with E-state index in [2.05, 4.69) is 22.5 Å². The van der Waals surface area contributed by atoms with Crippen molar-refractivity contribution >= 4 is 35.4 Å². The molecule has 3 aromatic carbocycles. The highest BCUT2D eigenvalue weighted by molar-refractivity contribution is 5.98. The third-order valence-corrected chi connectivity index (χ3v) is 10.6. The third kappa shape index (κ3) is 9.80. The molecule has 0 radical (unpaired) electrons. The van der Waals surface area contributed by atoms with E-state index in [-0.39, 0.29) is 19.3 Å². The first-order valence-electron chi connectivity index (χ1n) is 18.9. The number of rotatable bonds is 5. The average molecular weight is 781 g/mol. The monoisotopic (exact) mass is 780 g/mol. The molecule has 57 heavy (non-hydrogen) atoms. The number of methoxy groups -OCH3 is 1. The van der Waals surface area contributed by atoms with E-state index in [1.807, 2.05) is 24.3 Å². The minimum Gasteiger partial charge on any atom is -0.493 e. The van der Waals surface area contributed by atoms with E-state index in [1.165, 1.54) is 63.7 Å². The Hall–Kier alpha value is -6.18.